The highest BCUT2D eigenvalue weighted by Crippen LogP contribution is 2.28. The zero-order valence-electron chi connectivity index (χ0n) is 7.96. The van der Waals surface area contributed by atoms with Crippen LogP contribution >= 0.6 is 0 Å². The van der Waals surface area contributed by atoms with Crippen LogP contribution in [0.3, 0.4) is 0 Å². The molecular weight excluding hydrogens is 200 g/mol. The molecule has 0 aliphatic heterocycles. The summed E-state index contributed by atoms with van der Waals surface area (Å²) in [5.41, 5.74) is 5.81. The molecule has 0 saturated carbocycles. The standard InChI is InChI=1S/C9H12N2O4/c10-7(3-4-12)6-1-2-9(13)8(5-6)11(14)15/h1-2,5,7,12-13H,3-4,10H2/t7-/m1/s1. The van der Waals surface area contributed by atoms with Crippen molar-refractivity contribution in [3.63, 3.8) is 0 Å². The van der Waals surface area contributed by atoms with Gasteiger partial charge in [0.1, 0.15) is 0 Å². The Morgan fingerprint density at radius 3 is 2.73 bits per heavy atom. The molecule has 15 heavy (non-hydrogen) atoms. The summed E-state index contributed by atoms with van der Waals surface area (Å²) < 4.78 is 0. The van der Waals surface area contributed by atoms with Gasteiger partial charge in [0.05, 0.1) is 4.92 Å². The van der Waals surface area contributed by atoms with Gasteiger partial charge >= 0.3 is 5.69 Å². The van der Waals surface area contributed by atoms with Gasteiger partial charge in [-0.3, -0.25) is 10.1 Å². The lowest BCUT2D eigenvalue weighted by atomic mass is 10.0. The maximum atomic E-state index is 10.5. The minimum atomic E-state index is -0.676. The quantitative estimate of drug-likeness (QED) is 0.502. The van der Waals surface area contributed by atoms with E-state index in [4.69, 9.17) is 10.8 Å². The molecule has 1 atom stereocenters. The molecule has 0 spiro atoms. The number of aromatic hydroxyl groups is 1. The summed E-state index contributed by atoms with van der Waals surface area (Å²) in [6, 6.07) is 3.48. The van der Waals surface area contributed by atoms with Gasteiger partial charge in [0, 0.05) is 18.7 Å². The van der Waals surface area contributed by atoms with Crippen molar-refractivity contribution < 1.29 is 15.1 Å². The molecule has 1 aromatic carbocycles. The molecule has 1 rings (SSSR count). The van der Waals surface area contributed by atoms with Crippen molar-refractivity contribution in [1.82, 2.24) is 0 Å². The van der Waals surface area contributed by atoms with Crippen LogP contribution in [0.4, 0.5) is 5.69 Å². The van der Waals surface area contributed by atoms with Crippen LogP contribution in [0.15, 0.2) is 18.2 Å². The third-order valence-corrected chi connectivity index (χ3v) is 2.06. The van der Waals surface area contributed by atoms with Crippen LogP contribution in [0.2, 0.25) is 0 Å². The lowest BCUT2D eigenvalue weighted by Gasteiger charge is -2.09. The van der Waals surface area contributed by atoms with Gasteiger partial charge in [-0.1, -0.05) is 6.07 Å². The average molecular weight is 212 g/mol. The highest BCUT2D eigenvalue weighted by atomic mass is 16.6. The third kappa shape index (κ3) is 2.64. The van der Waals surface area contributed by atoms with Crippen LogP contribution < -0.4 is 5.73 Å². The summed E-state index contributed by atoms with van der Waals surface area (Å²) in [4.78, 5) is 9.83. The number of nitrogens with zero attached hydrogens (tertiary/aromatic N) is 1. The van der Waals surface area contributed by atoms with Gasteiger partial charge in [-0.15, -0.1) is 0 Å². The maximum absolute atomic E-state index is 10.5. The second-order valence-corrected chi connectivity index (χ2v) is 3.12. The Labute approximate surface area is 86.1 Å². The van der Waals surface area contributed by atoms with Crippen LogP contribution in [-0.2, 0) is 0 Å². The molecule has 0 heterocycles. The van der Waals surface area contributed by atoms with E-state index in [0.717, 1.165) is 0 Å². The number of hydrogen-bond donors (Lipinski definition) is 3. The number of aliphatic hydroxyl groups excluding tert-OH is 1. The maximum Gasteiger partial charge on any atom is 0.311 e. The predicted octanol–water partition coefficient (Wildman–Crippen LogP) is 0.683. The molecular formula is C9H12N2O4. The van der Waals surface area contributed by atoms with Crippen molar-refractivity contribution in [2.24, 2.45) is 5.73 Å². The Morgan fingerprint density at radius 1 is 1.53 bits per heavy atom. The fourth-order valence-electron chi connectivity index (χ4n) is 1.22. The highest BCUT2D eigenvalue weighted by Gasteiger charge is 2.16. The summed E-state index contributed by atoms with van der Waals surface area (Å²) in [6.45, 7) is -0.0875. The number of hydrogen-bond acceptors (Lipinski definition) is 5. The highest BCUT2D eigenvalue weighted by molar-refractivity contribution is 5.48. The van der Waals surface area contributed by atoms with Gasteiger partial charge < -0.3 is 15.9 Å². The van der Waals surface area contributed by atoms with Gasteiger partial charge in [0.15, 0.2) is 5.75 Å². The number of nitro benzene ring substituents is 1. The van der Waals surface area contributed by atoms with Crippen molar-refractivity contribution in [3.8, 4) is 5.75 Å². The largest absolute Gasteiger partial charge is 0.502 e. The molecule has 0 fully saturated rings. The van der Waals surface area contributed by atoms with E-state index in [1.807, 2.05) is 0 Å². The summed E-state index contributed by atoms with van der Waals surface area (Å²) in [5, 5.41) is 28.4. The second-order valence-electron chi connectivity index (χ2n) is 3.12. The minimum absolute atomic E-state index is 0.0875. The van der Waals surface area contributed by atoms with Crippen LogP contribution in [0, 0.1) is 10.1 Å². The van der Waals surface area contributed by atoms with Gasteiger partial charge in [0.2, 0.25) is 0 Å². The molecule has 6 heteroatoms. The van der Waals surface area contributed by atoms with Crippen molar-refractivity contribution in [3.05, 3.63) is 33.9 Å². The van der Waals surface area contributed by atoms with Crippen molar-refractivity contribution in [2.45, 2.75) is 12.5 Å². The van der Waals surface area contributed by atoms with E-state index in [1.54, 1.807) is 0 Å². The smallest absolute Gasteiger partial charge is 0.311 e. The summed E-state index contributed by atoms with van der Waals surface area (Å²) >= 11 is 0. The van der Waals surface area contributed by atoms with Crippen LogP contribution in [-0.4, -0.2) is 21.7 Å². The number of rotatable bonds is 4. The molecule has 0 aliphatic carbocycles. The molecule has 0 saturated heterocycles. The molecule has 0 aromatic heterocycles. The minimum Gasteiger partial charge on any atom is -0.502 e. The Morgan fingerprint density at radius 2 is 2.20 bits per heavy atom. The number of benzene rings is 1. The fourth-order valence-corrected chi connectivity index (χ4v) is 1.22. The Balaban J connectivity index is 3.02. The monoisotopic (exact) mass is 212 g/mol. The second kappa shape index (κ2) is 4.72. The predicted molar refractivity (Wildman–Crippen MR) is 53.4 cm³/mol. The molecule has 0 unspecified atom stereocenters. The zero-order valence-corrected chi connectivity index (χ0v) is 7.96. The summed E-state index contributed by atoms with van der Waals surface area (Å²) in [6.07, 6.45) is 0.321. The first-order valence-electron chi connectivity index (χ1n) is 4.40. The van der Waals surface area contributed by atoms with Crippen LogP contribution in [0.25, 0.3) is 0 Å². The fraction of sp³-hybridized carbons (Fsp3) is 0.333. The molecule has 6 nitrogen and oxygen atoms in total. The lowest BCUT2D eigenvalue weighted by Crippen LogP contribution is -2.12. The molecule has 0 bridgehead atoms. The van der Waals surface area contributed by atoms with Gasteiger partial charge in [0.25, 0.3) is 0 Å². The van der Waals surface area contributed by atoms with Crippen LogP contribution in [0.5, 0.6) is 5.75 Å². The number of nitrogens with two attached hydrogens (primary N) is 1. The molecule has 0 amide bonds. The Hall–Kier alpha value is -1.66. The first-order valence-corrected chi connectivity index (χ1v) is 4.40. The topological polar surface area (TPSA) is 110 Å². The number of aliphatic hydroxyl groups is 1. The Kier molecular flexibility index (Phi) is 3.59. The van der Waals surface area contributed by atoms with E-state index in [1.165, 1.54) is 18.2 Å². The van der Waals surface area contributed by atoms with Gasteiger partial charge in [-0.25, -0.2) is 0 Å². The SMILES string of the molecule is N[C@H](CCO)c1ccc(O)c([N+](=O)[O-])c1. The number of nitro groups is 1. The lowest BCUT2D eigenvalue weighted by molar-refractivity contribution is -0.385. The number of phenols is 1. The third-order valence-electron chi connectivity index (χ3n) is 2.06. The molecule has 0 radical (unpaired) electrons. The van der Waals surface area contributed by atoms with E-state index in [0.29, 0.717) is 12.0 Å². The van der Waals surface area contributed by atoms with E-state index in [2.05, 4.69) is 0 Å². The van der Waals surface area contributed by atoms with Crippen LogP contribution in [0.1, 0.15) is 18.0 Å². The van der Waals surface area contributed by atoms with E-state index >= 15 is 0 Å². The zero-order chi connectivity index (χ0) is 11.4. The van der Waals surface area contributed by atoms with E-state index < -0.39 is 11.0 Å². The first-order chi connectivity index (χ1) is 7.06. The van der Waals surface area contributed by atoms with Crippen molar-refractivity contribution >= 4 is 5.69 Å². The van der Waals surface area contributed by atoms with E-state index in [9.17, 15) is 15.2 Å². The molecule has 4 N–H and O–H groups in total. The summed E-state index contributed by atoms with van der Waals surface area (Å²) in [7, 11) is 0. The normalized spacial score (nSPS) is 12.4. The average Bonchev–Trinajstić information content (AvgIpc) is 2.18. The van der Waals surface area contributed by atoms with E-state index in [-0.39, 0.29) is 18.0 Å². The summed E-state index contributed by atoms with van der Waals surface area (Å²) in [5.74, 6) is -0.389. The van der Waals surface area contributed by atoms with Gasteiger partial charge in [-0.05, 0) is 18.1 Å². The molecule has 0 aliphatic rings. The molecule has 1 aromatic rings. The Bertz CT molecular complexity index is 367. The van der Waals surface area contributed by atoms with Crippen molar-refractivity contribution in [1.29, 1.82) is 0 Å². The molecule has 82 valence electrons. The number of phenolic OH excluding ortho intramolecular Hbond substituents is 1. The van der Waals surface area contributed by atoms with Crippen molar-refractivity contribution in [2.75, 3.05) is 6.61 Å². The van der Waals surface area contributed by atoms with Gasteiger partial charge in [-0.2, -0.15) is 0 Å². The first kappa shape index (κ1) is 11.4.